The largest absolute Gasteiger partial charge is 0.466 e. The summed E-state index contributed by atoms with van der Waals surface area (Å²) >= 11 is 0. The minimum atomic E-state index is -0.201. The van der Waals surface area contributed by atoms with Gasteiger partial charge in [0, 0.05) is 18.3 Å². The van der Waals surface area contributed by atoms with E-state index in [1.165, 1.54) is 0 Å². The van der Waals surface area contributed by atoms with Crippen LogP contribution in [0.2, 0.25) is 0 Å². The maximum absolute atomic E-state index is 11.5. The molecule has 1 atom stereocenters. The van der Waals surface area contributed by atoms with Gasteiger partial charge in [-0.25, -0.2) is 0 Å². The first-order valence-corrected chi connectivity index (χ1v) is 6.53. The molecule has 1 aromatic rings. The second-order valence-corrected chi connectivity index (χ2v) is 4.30. The highest BCUT2D eigenvalue weighted by atomic mass is 16.5. The normalized spacial score (nSPS) is 11.4. The Hall–Kier alpha value is -2.02. The predicted molar refractivity (Wildman–Crippen MR) is 74.7 cm³/mol. The molecule has 0 saturated carbocycles. The summed E-state index contributed by atoms with van der Waals surface area (Å²) in [6.07, 6.45) is 0.760. The number of benzene rings is 1. The molecule has 0 aliphatic rings. The Bertz CT molecular complexity index is 426. The number of esters is 1. The number of anilines is 1. The summed E-state index contributed by atoms with van der Waals surface area (Å²) in [5.41, 5.74) is 1.02. The molecule has 19 heavy (non-hydrogen) atoms. The fourth-order valence-electron chi connectivity index (χ4n) is 1.97. The van der Waals surface area contributed by atoms with Gasteiger partial charge in [-0.2, -0.15) is 5.26 Å². The number of nitrogens with zero attached hydrogens (tertiary/aromatic N) is 2. The van der Waals surface area contributed by atoms with Crippen LogP contribution in [0.4, 0.5) is 5.69 Å². The van der Waals surface area contributed by atoms with E-state index in [2.05, 4.69) is 11.0 Å². The van der Waals surface area contributed by atoms with Crippen LogP contribution in [0, 0.1) is 11.3 Å². The van der Waals surface area contributed by atoms with E-state index in [0.717, 1.165) is 5.69 Å². The van der Waals surface area contributed by atoms with Crippen molar-refractivity contribution in [1.82, 2.24) is 0 Å². The summed E-state index contributed by atoms with van der Waals surface area (Å²) in [4.78, 5) is 13.6. The number of nitriles is 1. The van der Waals surface area contributed by atoms with Gasteiger partial charge in [0.25, 0.3) is 0 Å². The minimum absolute atomic E-state index is 0.00907. The number of hydrogen-bond acceptors (Lipinski definition) is 4. The van der Waals surface area contributed by atoms with E-state index in [0.29, 0.717) is 26.0 Å². The maximum Gasteiger partial charge on any atom is 0.307 e. The second kappa shape index (κ2) is 8.15. The van der Waals surface area contributed by atoms with Crippen molar-refractivity contribution in [1.29, 1.82) is 5.26 Å². The molecule has 0 radical (unpaired) electrons. The zero-order chi connectivity index (χ0) is 14.1. The number of hydrogen-bond donors (Lipinski definition) is 0. The summed E-state index contributed by atoms with van der Waals surface area (Å²) in [7, 11) is 0. The van der Waals surface area contributed by atoms with Gasteiger partial charge < -0.3 is 9.64 Å². The van der Waals surface area contributed by atoms with Crippen molar-refractivity contribution in [3.8, 4) is 6.07 Å². The lowest BCUT2D eigenvalue weighted by Crippen LogP contribution is -2.36. The number of para-hydroxylation sites is 1. The summed E-state index contributed by atoms with van der Waals surface area (Å²) in [6.45, 7) is 4.78. The van der Waals surface area contributed by atoms with Crippen molar-refractivity contribution in [2.75, 3.05) is 18.1 Å². The van der Waals surface area contributed by atoms with Crippen molar-refractivity contribution in [3.05, 3.63) is 30.3 Å². The zero-order valence-corrected chi connectivity index (χ0v) is 11.5. The van der Waals surface area contributed by atoms with E-state index >= 15 is 0 Å². The molecule has 4 nitrogen and oxygen atoms in total. The molecule has 4 heteroatoms. The molecule has 0 saturated heterocycles. The topological polar surface area (TPSA) is 53.3 Å². The van der Waals surface area contributed by atoms with Crippen LogP contribution in [0.1, 0.15) is 26.7 Å². The van der Waals surface area contributed by atoms with E-state index in [-0.39, 0.29) is 12.0 Å². The van der Waals surface area contributed by atoms with Gasteiger partial charge in [0.15, 0.2) is 0 Å². The lowest BCUT2D eigenvalue weighted by molar-refractivity contribution is -0.143. The molecule has 1 aromatic carbocycles. The first-order valence-electron chi connectivity index (χ1n) is 6.53. The van der Waals surface area contributed by atoms with Crippen LogP contribution in [-0.4, -0.2) is 25.2 Å². The predicted octanol–water partition coefficient (Wildman–Crippen LogP) is 2.75. The van der Waals surface area contributed by atoms with Crippen molar-refractivity contribution in [2.45, 2.75) is 32.7 Å². The van der Waals surface area contributed by atoms with Gasteiger partial charge in [-0.3, -0.25) is 4.79 Å². The molecule has 1 rings (SSSR count). The fraction of sp³-hybridized carbons (Fsp3) is 0.467. The number of carbonyl (C=O) groups excluding carboxylic acids is 1. The van der Waals surface area contributed by atoms with Crippen molar-refractivity contribution < 1.29 is 9.53 Å². The van der Waals surface area contributed by atoms with Crippen molar-refractivity contribution >= 4 is 11.7 Å². The smallest absolute Gasteiger partial charge is 0.307 e. The maximum atomic E-state index is 11.5. The Morgan fingerprint density at radius 1 is 1.42 bits per heavy atom. The van der Waals surface area contributed by atoms with Crippen LogP contribution >= 0.6 is 0 Å². The summed E-state index contributed by atoms with van der Waals surface area (Å²) < 4.78 is 4.97. The minimum Gasteiger partial charge on any atom is -0.466 e. The lowest BCUT2D eigenvalue weighted by atomic mass is 10.1. The van der Waals surface area contributed by atoms with E-state index in [4.69, 9.17) is 10.00 Å². The number of ether oxygens (including phenoxy) is 1. The Kier molecular flexibility index (Phi) is 6.45. The van der Waals surface area contributed by atoms with E-state index in [9.17, 15) is 4.79 Å². The quantitative estimate of drug-likeness (QED) is 0.707. The van der Waals surface area contributed by atoms with Crippen LogP contribution in [0.3, 0.4) is 0 Å². The summed E-state index contributed by atoms with van der Waals surface area (Å²) in [5, 5.41) is 8.74. The standard InChI is InChI=1S/C15H20N2O2/c1-3-19-15(18)12-13(2)17(11-7-10-16)14-8-5-4-6-9-14/h4-6,8-9,13H,3,7,11-12H2,1-2H3. The third-order valence-electron chi connectivity index (χ3n) is 2.85. The van der Waals surface area contributed by atoms with Crippen molar-refractivity contribution in [2.24, 2.45) is 0 Å². The molecule has 102 valence electrons. The Balaban J connectivity index is 2.74. The van der Waals surface area contributed by atoms with Gasteiger partial charge in [0.2, 0.25) is 0 Å². The number of carbonyl (C=O) groups is 1. The highest BCUT2D eigenvalue weighted by Crippen LogP contribution is 2.18. The molecule has 0 N–H and O–H groups in total. The Morgan fingerprint density at radius 2 is 2.11 bits per heavy atom. The highest BCUT2D eigenvalue weighted by molar-refractivity contribution is 5.71. The summed E-state index contributed by atoms with van der Waals surface area (Å²) in [6, 6.07) is 12.0. The second-order valence-electron chi connectivity index (χ2n) is 4.30. The highest BCUT2D eigenvalue weighted by Gasteiger charge is 2.18. The van der Waals surface area contributed by atoms with Crippen LogP contribution in [0.15, 0.2) is 30.3 Å². The first-order chi connectivity index (χ1) is 9.19. The molecule has 0 bridgehead atoms. The average Bonchev–Trinajstić information content (AvgIpc) is 2.40. The van der Waals surface area contributed by atoms with Crippen LogP contribution in [0.5, 0.6) is 0 Å². The molecule has 0 amide bonds. The first kappa shape index (κ1) is 15.0. The number of rotatable bonds is 7. The van der Waals surface area contributed by atoms with Gasteiger partial charge in [0.1, 0.15) is 0 Å². The zero-order valence-electron chi connectivity index (χ0n) is 11.5. The van der Waals surface area contributed by atoms with Gasteiger partial charge in [-0.1, -0.05) is 18.2 Å². The molecule has 0 aliphatic carbocycles. The van der Waals surface area contributed by atoms with Gasteiger partial charge >= 0.3 is 5.97 Å². The molecule has 0 fully saturated rings. The molecule has 0 aromatic heterocycles. The van der Waals surface area contributed by atoms with E-state index in [1.54, 1.807) is 6.92 Å². The van der Waals surface area contributed by atoms with Gasteiger partial charge in [0.05, 0.1) is 25.5 Å². The van der Waals surface area contributed by atoms with Gasteiger partial charge in [-0.15, -0.1) is 0 Å². The lowest BCUT2D eigenvalue weighted by Gasteiger charge is -2.30. The molecular formula is C15H20N2O2. The van der Waals surface area contributed by atoms with E-state index < -0.39 is 0 Å². The monoisotopic (exact) mass is 260 g/mol. The summed E-state index contributed by atoms with van der Waals surface area (Å²) in [5.74, 6) is -0.201. The van der Waals surface area contributed by atoms with Crippen LogP contribution < -0.4 is 4.90 Å². The van der Waals surface area contributed by atoms with Gasteiger partial charge in [-0.05, 0) is 26.0 Å². The van der Waals surface area contributed by atoms with Crippen LogP contribution in [-0.2, 0) is 9.53 Å². The third kappa shape index (κ3) is 5.01. The Labute approximate surface area is 114 Å². The third-order valence-corrected chi connectivity index (χ3v) is 2.85. The fourth-order valence-corrected chi connectivity index (χ4v) is 1.97. The van der Waals surface area contributed by atoms with Crippen molar-refractivity contribution in [3.63, 3.8) is 0 Å². The molecule has 0 spiro atoms. The molecule has 1 unspecified atom stereocenters. The molecule has 0 aliphatic heterocycles. The molecule has 0 heterocycles. The van der Waals surface area contributed by atoms with E-state index in [1.807, 2.05) is 37.3 Å². The Morgan fingerprint density at radius 3 is 2.68 bits per heavy atom. The SMILES string of the molecule is CCOC(=O)CC(C)N(CCC#N)c1ccccc1. The molecular weight excluding hydrogens is 240 g/mol. The average molecular weight is 260 g/mol. The van der Waals surface area contributed by atoms with Crippen LogP contribution in [0.25, 0.3) is 0 Å².